The smallest absolute Gasteiger partial charge is 0.336 e. The van der Waals surface area contributed by atoms with Crippen LogP contribution in [-0.2, 0) is 6.54 Å². The molecule has 0 saturated heterocycles. The van der Waals surface area contributed by atoms with Crippen LogP contribution in [0.25, 0.3) is 17.0 Å². The van der Waals surface area contributed by atoms with Crippen LogP contribution in [0.3, 0.4) is 0 Å². The molecule has 1 aromatic heterocycles. The fourth-order valence-corrected chi connectivity index (χ4v) is 2.11. The van der Waals surface area contributed by atoms with E-state index < -0.39 is 5.97 Å². The average Bonchev–Trinajstić information content (AvgIpc) is 2.75. The Kier molecular flexibility index (Phi) is 1.51. The Morgan fingerprint density at radius 1 is 1.40 bits per heavy atom. The topological polar surface area (TPSA) is 42.2 Å². The molecule has 0 unspecified atom stereocenters. The van der Waals surface area contributed by atoms with Crippen molar-refractivity contribution in [3.63, 3.8) is 0 Å². The maximum Gasteiger partial charge on any atom is 0.336 e. The summed E-state index contributed by atoms with van der Waals surface area (Å²) < 4.78 is 2.11. The van der Waals surface area contributed by atoms with E-state index in [4.69, 9.17) is 5.11 Å². The summed E-state index contributed by atoms with van der Waals surface area (Å²) in [6.45, 7) is 0.835. The van der Waals surface area contributed by atoms with Crippen LogP contribution in [0.1, 0.15) is 16.1 Å². The van der Waals surface area contributed by atoms with E-state index >= 15 is 0 Å². The van der Waals surface area contributed by atoms with E-state index in [1.807, 2.05) is 18.2 Å². The molecule has 1 aliphatic rings. The first-order valence-corrected chi connectivity index (χ1v) is 4.79. The third-order valence-electron chi connectivity index (χ3n) is 2.78. The van der Waals surface area contributed by atoms with E-state index in [0.717, 1.165) is 23.1 Å². The minimum absolute atomic E-state index is 0.378. The lowest BCUT2D eigenvalue weighted by Crippen LogP contribution is -1.97. The molecule has 0 fully saturated rings. The fraction of sp³-hybridized carbons (Fsp3) is 0.0833. The molecule has 0 saturated carbocycles. The molecule has 3 rings (SSSR count). The molecule has 2 aromatic rings. The Morgan fingerprint density at radius 2 is 2.27 bits per heavy atom. The van der Waals surface area contributed by atoms with E-state index in [1.165, 1.54) is 0 Å². The molecule has 3 heteroatoms. The van der Waals surface area contributed by atoms with Crippen molar-refractivity contribution in [3.8, 4) is 0 Å². The Labute approximate surface area is 86.3 Å². The summed E-state index contributed by atoms with van der Waals surface area (Å²) in [6, 6.07) is 7.32. The summed E-state index contributed by atoms with van der Waals surface area (Å²) in [5.74, 6) is -0.867. The molecule has 2 heterocycles. The molecule has 0 radical (unpaired) electrons. The Bertz CT molecular complexity index is 593. The van der Waals surface area contributed by atoms with Crippen molar-refractivity contribution in [1.29, 1.82) is 0 Å². The number of hydrogen-bond donors (Lipinski definition) is 1. The van der Waals surface area contributed by atoms with Gasteiger partial charge in [-0.25, -0.2) is 4.79 Å². The van der Waals surface area contributed by atoms with Crippen LogP contribution in [0.2, 0.25) is 0 Å². The van der Waals surface area contributed by atoms with Gasteiger partial charge in [0.2, 0.25) is 0 Å². The van der Waals surface area contributed by atoms with Gasteiger partial charge in [-0.3, -0.25) is 0 Å². The van der Waals surface area contributed by atoms with Crippen LogP contribution in [0.15, 0.2) is 30.3 Å². The van der Waals surface area contributed by atoms with Gasteiger partial charge in [0.1, 0.15) is 0 Å². The highest BCUT2D eigenvalue weighted by Crippen LogP contribution is 2.27. The molecule has 0 spiro atoms. The Morgan fingerprint density at radius 3 is 3.07 bits per heavy atom. The predicted octanol–water partition coefficient (Wildman–Crippen LogP) is 2.37. The van der Waals surface area contributed by atoms with Gasteiger partial charge in [0, 0.05) is 23.1 Å². The summed E-state index contributed by atoms with van der Waals surface area (Å²) in [7, 11) is 0. The van der Waals surface area contributed by atoms with Gasteiger partial charge < -0.3 is 9.67 Å². The molecule has 0 aliphatic carbocycles. The third kappa shape index (κ3) is 1.03. The number of aromatic nitrogens is 1. The molecule has 0 atom stereocenters. The van der Waals surface area contributed by atoms with Crippen molar-refractivity contribution >= 4 is 22.9 Å². The number of fused-ring (bicyclic) bond motifs is 3. The van der Waals surface area contributed by atoms with Crippen molar-refractivity contribution in [1.82, 2.24) is 4.57 Å². The summed E-state index contributed by atoms with van der Waals surface area (Å²) in [5.41, 5.74) is 2.46. The standard InChI is InChI=1S/C12H9NO2/c14-12(15)9-4-1-5-11-10(9)7-8-3-2-6-13(8)11/h1-5,7H,6H2,(H,14,15). The molecule has 0 bridgehead atoms. The molecule has 1 aromatic carbocycles. The lowest BCUT2D eigenvalue weighted by atomic mass is 10.1. The zero-order valence-electron chi connectivity index (χ0n) is 7.97. The zero-order valence-corrected chi connectivity index (χ0v) is 7.97. The van der Waals surface area contributed by atoms with Gasteiger partial charge >= 0.3 is 5.97 Å². The molecule has 1 N–H and O–H groups in total. The lowest BCUT2D eigenvalue weighted by molar-refractivity contribution is 0.0699. The Balaban J connectivity index is 2.41. The minimum atomic E-state index is -0.867. The minimum Gasteiger partial charge on any atom is -0.478 e. The second kappa shape index (κ2) is 2.73. The van der Waals surface area contributed by atoms with Gasteiger partial charge in [-0.15, -0.1) is 0 Å². The van der Waals surface area contributed by atoms with Crippen molar-refractivity contribution in [2.45, 2.75) is 6.54 Å². The number of carboxylic acid groups (broad SMARTS) is 1. The number of aromatic carboxylic acids is 1. The number of carbonyl (C=O) groups is 1. The number of benzene rings is 1. The van der Waals surface area contributed by atoms with E-state index in [9.17, 15) is 4.79 Å². The van der Waals surface area contributed by atoms with Crippen LogP contribution in [-0.4, -0.2) is 15.6 Å². The molecular weight excluding hydrogens is 190 g/mol. The van der Waals surface area contributed by atoms with Crippen LogP contribution < -0.4 is 0 Å². The van der Waals surface area contributed by atoms with Crippen molar-refractivity contribution in [2.24, 2.45) is 0 Å². The number of allylic oxidation sites excluding steroid dienone is 1. The van der Waals surface area contributed by atoms with Gasteiger partial charge in [0.05, 0.1) is 5.56 Å². The zero-order chi connectivity index (χ0) is 10.4. The van der Waals surface area contributed by atoms with Gasteiger partial charge in [-0.1, -0.05) is 12.1 Å². The monoisotopic (exact) mass is 199 g/mol. The summed E-state index contributed by atoms with van der Waals surface area (Å²) in [6.07, 6.45) is 4.09. The highest BCUT2D eigenvalue weighted by Gasteiger charge is 2.14. The fourth-order valence-electron chi connectivity index (χ4n) is 2.11. The van der Waals surface area contributed by atoms with Crippen LogP contribution >= 0.6 is 0 Å². The third-order valence-corrected chi connectivity index (χ3v) is 2.78. The van der Waals surface area contributed by atoms with Crippen molar-refractivity contribution in [2.75, 3.05) is 0 Å². The highest BCUT2D eigenvalue weighted by molar-refractivity contribution is 6.04. The van der Waals surface area contributed by atoms with E-state index in [-0.39, 0.29) is 0 Å². The van der Waals surface area contributed by atoms with Gasteiger partial charge in [-0.05, 0) is 24.3 Å². The SMILES string of the molecule is O=C(O)c1cccc2c1cc1n2CC=C1. The van der Waals surface area contributed by atoms with Gasteiger partial charge in [0.15, 0.2) is 0 Å². The first-order valence-electron chi connectivity index (χ1n) is 4.79. The van der Waals surface area contributed by atoms with Crippen LogP contribution in [0, 0.1) is 0 Å². The number of nitrogens with zero attached hydrogens (tertiary/aromatic N) is 1. The normalized spacial score (nSPS) is 13.3. The first kappa shape index (κ1) is 8.29. The second-order valence-electron chi connectivity index (χ2n) is 3.63. The molecule has 74 valence electrons. The number of hydrogen-bond acceptors (Lipinski definition) is 1. The predicted molar refractivity (Wildman–Crippen MR) is 57.9 cm³/mol. The average molecular weight is 199 g/mol. The van der Waals surface area contributed by atoms with Gasteiger partial charge in [0.25, 0.3) is 0 Å². The summed E-state index contributed by atoms with van der Waals surface area (Å²) in [5, 5.41) is 9.87. The largest absolute Gasteiger partial charge is 0.478 e. The molecule has 0 amide bonds. The second-order valence-corrected chi connectivity index (χ2v) is 3.63. The summed E-state index contributed by atoms with van der Waals surface area (Å²) >= 11 is 0. The quantitative estimate of drug-likeness (QED) is 0.766. The van der Waals surface area contributed by atoms with Crippen molar-refractivity contribution in [3.05, 3.63) is 41.6 Å². The van der Waals surface area contributed by atoms with Crippen LogP contribution in [0.5, 0.6) is 0 Å². The first-order chi connectivity index (χ1) is 7.27. The highest BCUT2D eigenvalue weighted by atomic mass is 16.4. The molecular formula is C12H9NO2. The van der Waals surface area contributed by atoms with Gasteiger partial charge in [-0.2, -0.15) is 0 Å². The Hall–Kier alpha value is -2.03. The summed E-state index contributed by atoms with van der Waals surface area (Å²) in [4.78, 5) is 11.0. The molecule has 1 aliphatic heterocycles. The van der Waals surface area contributed by atoms with E-state index in [2.05, 4.69) is 10.6 Å². The lowest BCUT2D eigenvalue weighted by Gasteiger charge is -2.01. The number of carboxylic acids is 1. The maximum atomic E-state index is 11.0. The molecule has 15 heavy (non-hydrogen) atoms. The molecule has 3 nitrogen and oxygen atoms in total. The van der Waals surface area contributed by atoms with E-state index in [1.54, 1.807) is 12.1 Å². The maximum absolute atomic E-state index is 11.0. The van der Waals surface area contributed by atoms with Crippen LogP contribution in [0.4, 0.5) is 0 Å². The van der Waals surface area contributed by atoms with Crippen molar-refractivity contribution < 1.29 is 9.90 Å². The van der Waals surface area contributed by atoms with E-state index in [0.29, 0.717) is 5.56 Å². The number of rotatable bonds is 1.